The number of imidazole rings is 1. The first-order valence-electron chi connectivity index (χ1n) is 17.1. The fourth-order valence-electron chi connectivity index (χ4n) is 6.71. The van der Waals surface area contributed by atoms with Crippen LogP contribution in [0.4, 0.5) is 0 Å². The molecule has 0 amide bonds. The standard InChI is InChI=1S/C31H17N2OS.C14H16GeN.Ir/c1-5-14-27-20(8-1)22-10-7-11-23(30(22)34-27)31-32-25-12-3-4-13-26(25)33(31)19-16-17-29-24(18-19)21-9-2-6-15-28(21)35-29;1-15(2,3)13-9-10-14(16-11-13)12-7-5-4-6-8-12;/h1-10,12-18H;4-7,9-11H,1-3H3;/q2*-1;. The molecule has 4 nitrogen and oxygen atoms in total. The zero-order chi connectivity index (χ0) is 34.5. The molecule has 6 aromatic carbocycles. The maximum absolute atomic E-state index is 6.36. The van der Waals surface area contributed by atoms with E-state index in [9.17, 15) is 0 Å². The molecule has 52 heavy (non-hydrogen) atoms. The van der Waals surface area contributed by atoms with Gasteiger partial charge in [0.15, 0.2) is 0 Å². The minimum atomic E-state index is -1.72. The van der Waals surface area contributed by atoms with Gasteiger partial charge in [0.1, 0.15) is 5.58 Å². The Hall–Kier alpha value is -4.85. The second kappa shape index (κ2) is 13.9. The van der Waals surface area contributed by atoms with Gasteiger partial charge in [0.05, 0.1) is 22.4 Å². The number of pyridine rings is 1. The Morgan fingerprint density at radius 1 is 0.673 bits per heavy atom. The van der Waals surface area contributed by atoms with Gasteiger partial charge in [-0.2, -0.15) is 0 Å². The third kappa shape index (κ3) is 6.20. The molecule has 4 aromatic heterocycles. The van der Waals surface area contributed by atoms with Crippen molar-refractivity contribution in [2.75, 3.05) is 0 Å². The number of furan rings is 1. The van der Waals surface area contributed by atoms with Crippen molar-refractivity contribution < 1.29 is 24.5 Å². The number of hydrogen-bond donors (Lipinski definition) is 0. The molecule has 0 atom stereocenters. The Balaban J connectivity index is 0.000000193. The van der Waals surface area contributed by atoms with Crippen molar-refractivity contribution >= 4 is 82.1 Å². The van der Waals surface area contributed by atoms with Crippen LogP contribution in [0, 0.1) is 12.1 Å². The molecule has 0 aliphatic carbocycles. The van der Waals surface area contributed by atoms with E-state index in [0.717, 1.165) is 61.3 Å². The molecular formula is C45H33GeIrN3OS-2. The average Bonchev–Trinajstić information content (AvgIpc) is 3.86. The van der Waals surface area contributed by atoms with Gasteiger partial charge < -0.3 is 8.98 Å². The number of thiophene rings is 1. The summed E-state index contributed by atoms with van der Waals surface area (Å²) < 4.78 is 12.6. The molecule has 10 aromatic rings. The first-order valence-corrected chi connectivity index (χ1v) is 25.2. The van der Waals surface area contributed by atoms with Gasteiger partial charge in [-0.25, -0.2) is 0 Å². The predicted molar refractivity (Wildman–Crippen MR) is 217 cm³/mol. The molecule has 0 N–H and O–H groups in total. The number of aromatic nitrogens is 3. The van der Waals surface area contributed by atoms with Crippen LogP contribution in [0.3, 0.4) is 0 Å². The quantitative estimate of drug-likeness (QED) is 0.130. The molecule has 0 unspecified atom stereocenters. The van der Waals surface area contributed by atoms with Crippen LogP contribution in [-0.4, -0.2) is 27.8 Å². The summed E-state index contributed by atoms with van der Waals surface area (Å²) in [4.78, 5) is 9.61. The third-order valence-electron chi connectivity index (χ3n) is 9.36. The second-order valence-electron chi connectivity index (χ2n) is 13.7. The van der Waals surface area contributed by atoms with Gasteiger partial charge in [-0.1, -0.05) is 59.5 Å². The van der Waals surface area contributed by atoms with Crippen molar-refractivity contribution in [2.24, 2.45) is 0 Å². The van der Waals surface area contributed by atoms with Crippen LogP contribution in [0.25, 0.3) is 81.5 Å². The van der Waals surface area contributed by atoms with Crippen LogP contribution in [0.2, 0.25) is 17.3 Å². The molecule has 0 aliphatic heterocycles. The van der Waals surface area contributed by atoms with Gasteiger partial charge in [0, 0.05) is 51.4 Å². The van der Waals surface area contributed by atoms with E-state index in [1.807, 2.05) is 72.1 Å². The van der Waals surface area contributed by atoms with Gasteiger partial charge in [-0.15, -0.1) is 29.5 Å². The topological polar surface area (TPSA) is 43.9 Å². The summed E-state index contributed by atoms with van der Waals surface area (Å²) in [6.07, 6.45) is 2.04. The molecule has 7 heteroatoms. The van der Waals surface area contributed by atoms with Gasteiger partial charge >= 0.3 is 99.8 Å². The van der Waals surface area contributed by atoms with Gasteiger partial charge in [0.2, 0.25) is 0 Å². The molecular weight excluding hydrogens is 895 g/mol. The van der Waals surface area contributed by atoms with Crippen LogP contribution in [0.5, 0.6) is 0 Å². The Morgan fingerprint density at radius 2 is 1.44 bits per heavy atom. The Kier molecular flexibility index (Phi) is 9.18. The average molecular weight is 929 g/mol. The number of rotatable bonds is 4. The zero-order valence-electron chi connectivity index (χ0n) is 28.8. The Labute approximate surface area is 322 Å². The molecule has 0 fully saturated rings. The zero-order valence-corrected chi connectivity index (χ0v) is 34.2. The first-order chi connectivity index (χ1) is 24.9. The first kappa shape index (κ1) is 34.2. The van der Waals surface area contributed by atoms with E-state index in [1.54, 1.807) is 0 Å². The maximum atomic E-state index is 6.36. The van der Waals surface area contributed by atoms with Crippen LogP contribution >= 0.6 is 11.3 Å². The van der Waals surface area contributed by atoms with Gasteiger partial charge in [-0.05, 0) is 42.5 Å². The van der Waals surface area contributed by atoms with Crippen LogP contribution in [0.15, 0.2) is 150 Å². The maximum Gasteiger partial charge on any atom is 0.120 e. The third-order valence-corrected chi connectivity index (χ3v) is 14.8. The van der Waals surface area contributed by atoms with E-state index < -0.39 is 13.3 Å². The van der Waals surface area contributed by atoms with Crippen molar-refractivity contribution in [3.8, 4) is 28.3 Å². The fourth-order valence-corrected chi connectivity index (χ4v) is 9.97. The van der Waals surface area contributed by atoms with E-state index in [4.69, 9.17) is 9.40 Å². The van der Waals surface area contributed by atoms with Gasteiger partial charge in [0.25, 0.3) is 0 Å². The summed E-state index contributed by atoms with van der Waals surface area (Å²) in [5, 5.41) is 4.72. The van der Waals surface area contributed by atoms with Crippen molar-refractivity contribution in [2.45, 2.75) is 17.3 Å². The molecule has 255 valence electrons. The fraction of sp³-hybridized carbons (Fsp3) is 0.0667. The minimum Gasteiger partial charge on any atom is -0.501 e. The van der Waals surface area contributed by atoms with Crippen molar-refractivity contribution in [3.05, 3.63) is 158 Å². The summed E-state index contributed by atoms with van der Waals surface area (Å²) in [6.45, 7) is 0. The SMILES string of the molecule is [CH3][Ge]([CH3])([CH3])[c]1ccc(-c2[c-]cccc2)nc1.[Ir].[c-]1ccc2c(oc3ccccc32)c1-c1nc2ccccc2n1-c1ccc2sc3ccccc3c2c1. The normalized spacial score (nSPS) is 11.6. The molecule has 0 saturated carbocycles. The number of hydrogen-bond acceptors (Lipinski definition) is 4. The molecule has 0 aliphatic rings. The van der Waals surface area contributed by atoms with E-state index in [1.165, 1.54) is 24.6 Å². The number of para-hydroxylation sites is 3. The Morgan fingerprint density at radius 3 is 2.25 bits per heavy atom. The molecule has 10 rings (SSSR count). The van der Waals surface area contributed by atoms with Crippen molar-refractivity contribution in [1.29, 1.82) is 0 Å². The molecule has 4 heterocycles. The van der Waals surface area contributed by atoms with E-state index in [-0.39, 0.29) is 20.1 Å². The number of benzene rings is 6. The Bertz CT molecular complexity index is 2850. The number of fused-ring (bicyclic) bond motifs is 7. The molecule has 0 spiro atoms. The smallest absolute Gasteiger partial charge is 0.120 e. The van der Waals surface area contributed by atoms with E-state index in [2.05, 4.69) is 124 Å². The number of nitrogens with zero attached hydrogens (tertiary/aromatic N) is 3. The molecule has 0 bridgehead atoms. The molecule has 1 radical (unpaired) electrons. The summed E-state index contributed by atoms with van der Waals surface area (Å²) in [5.74, 6) is 7.97. The predicted octanol–water partition coefficient (Wildman–Crippen LogP) is 11.9. The minimum absolute atomic E-state index is 0. The van der Waals surface area contributed by atoms with Crippen LogP contribution < -0.4 is 4.40 Å². The van der Waals surface area contributed by atoms with E-state index >= 15 is 0 Å². The van der Waals surface area contributed by atoms with Crippen LogP contribution in [-0.2, 0) is 20.1 Å². The monoisotopic (exact) mass is 930 g/mol. The largest absolute Gasteiger partial charge is 0.501 e. The van der Waals surface area contributed by atoms with Crippen molar-refractivity contribution in [1.82, 2.24) is 14.5 Å². The molecule has 0 saturated heterocycles. The van der Waals surface area contributed by atoms with Crippen LogP contribution in [0.1, 0.15) is 0 Å². The summed E-state index contributed by atoms with van der Waals surface area (Å²) >= 11 is 0.114. The van der Waals surface area contributed by atoms with E-state index in [0.29, 0.717) is 0 Å². The summed E-state index contributed by atoms with van der Waals surface area (Å²) in [5.41, 5.74) is 7.70. The van der Waals surface area contributed by atoms with Crippen molar-refractivity contribution in [3.63, 3.8) is 0 Å². The second-order valence-corrected chi connectivity index (χ2v) is 25.4. The summed E-state index contributed by atoms with van der Waals surface area (Å²) in [7, 11) is 0. The van der Waals surface area contributed by atoms with Gasteiger partial charge in [-0.3, -0.25) is 4.98 Å². The summed E-state index contributed by atoms with van der Waals surface area (Å²) in [6, 6.07) is 54.7.